The largest absolute Gasteiger partial charge is 0.491 e. The second-order valence-electron chi connectivity index (χ2n) is 13.5. The van der Waals surface area contributed by atoms with Gasteiger partial charge in [-0.05, 0) is 103 Å². The topological polar surface area (TPSA) is 106 Å². The number of nitrogens with one attached hydrogen (secondary N) is 2. The van der Waals surface area contributed by atoms with Gasteiger partial charge in [0.1, 0.15) is 30.5 Å². The van der Waals surface area contributed by atoms with Gasteiger partial charge in [0.15, 0.2) is 16.6 Å². The summed E-state index contributed by atoms with van der Waals surface area (Å²) in [5.41, 5.74) is 1.77. The van der Waals surface area contributed by atoms with Gasteiger partial charge < -0.3 is 24.2 Å². The molecule has 9 nitrogen and oxygen atoms in total. The maximum absolute atomic E-state index is 13.9. The summed E-state index contributed by atoms with van der Waals surface area (Å²) < 4.78 is 19.4. The van der Waals surface area contributed by atoms with Crippen LogP contribution in [0.4, 0.5) is 10.5 Å². The fourth-order valence-electron chi connectivity index (χ4n) is 5.19. The summed E-state index contributed by atoms with van der Waals surface area (Å²) in [6, 6.07) is 18.8. The predicted octanol–water partition coefficient (Wildman–Crippen LogP) is 7.80. The van der Waals surface area contributed by atoms with E-state index in [1.165, 1.54) is 0 Å². The molecule has 0 aliphatic carbocycles. The Morgan fingerprint density at radius 1 is 0.957 bits per heavy atom. The number of ether oxygens (including phenoxy) is 1. The summed E-state index contributed by atoms with van der Waals surface area (Å²) in [7, 11) is -3.57. The van der Waals surface area contributed by atoms with Crippen molar-refractivity contribution >= 4 is 74.4 Å². The number of hydrogen-bond donors (Lipinski definition) is 2. The first-order chi connectivity index (χ1) is 22.0. The number of halogens is 2. The van der Waals surface area contributed by atoms with Gasteiger partial charge in [-0.2, -0.15) is 0 Å². The zero-order chi connectivity index (χ0) is 34.5. The molecule has 252 valence electrons. The summed E-state index contributed by atoms with van der Waals surface area (Å²) >= 11 is 8.54. The molecule has 1 heterocycles. The number of nitrogens with zero attached hydrogens (tertiary/aromatic N) is 1. The number of imide groups is 1. The standard InChI is InChI=1S/C34H43ClIN3O6Si2/c1-22(23-11-9-8-10-12-23)31(32(40)37-29-18-15-25(36)19-28(29)35)39-33(41)30(38-34(39)42)24-13-16-26(17-14-24)43-20-27(45-47(5,6)7)21-44-46(2,3)4/h8-19,22,27,30-31H,20-21H2,1-7H3,(H,37,40)(H,38,42)/t22-,27-,30+,31-/m0/s1. The maximum atomic E-state index is 13.9. The molecule has 4 atom stereocenters. The number of carbonyl (C=O) groups is 3. The van der Waals surface area contributed by atoms with E-state index in [9.17, 15) is 14.4 Å². The molecule has 0 aromatic heterocycles. The molecule has 3 aromatic rings. The smallest absolute Gasteiger partial charge is 0.325 e. The summed E-state index contributed by atoms with van der Waals surface area (Å²) in [5.74, 6) is -0.957. The van der Waals surface area contributed by atoms with Gasteiger partial charge in [0.2, 0.25) is 5.91 Å². The number of rotatable bonds is 14. The molecule has 1 saturated heterocycles. The van der Waals surface area contributed by atoms with Gasteiger partial charge >= 0.3 is 6.03 Å². The number of amides is 4. The van der Waals surface area contributed by atoms with E-state index >= 15 is 0 Å². The molecule has 0 spiro atoms. The molecular weight excluding hydrogens is 765 g/mol. The van der Waals surface area contributed by atoms with Crippen molar-refractivity contribution in [1.29, 1.82) is 0 Å². The Bertz CT molecular complexity index is 1570. The number of carbonyl (C=O) groups excluding carboxylic acids is 3. The number of urea groups is 1. The molecule has 0 bridgehead atoms. The molecule has 1 aliphatic heterocycles. The average Bonchev–Trinajstić information content (AvgIpc) is 3.29. The molecule has 13 heteroatoms. The fourth-order valence-corrected chi connectivity index (χ4v) is 7.92. The van der Waals surface area contributed by atoms with Gasteiger partial charge in [0, 0.05) is 9.49 Å². The Hall–Kier alpha value is -2.76. The fraction of sp³-hybridized carbons (Fsp3) is 0.382. The normalized spacial score (nSPS) is 17.2. The van der Waals surface area contributed by atoms with E-state index in [1.54, 1.807) is 36.4 Å². The average molecular weight is 808 g/mol. The molecule has 1 aliphatic rings. The Morgan fingerprint density at radius 2 is 1.62 bits per heavy atom. The van der Waals surface area contributed by atoms with Crippen LogP contribution < -0.4 is 15.4 Å². The minimum atomic E-state index is -1.84. The third-order valence-electron chi connectivity index (χ3n) is 7.38. The highest BCUT2D eigenvalue weighted by Gasteiger charge is 2.47. The van der Waals surface area contributed by atoms with Gasteiger partial charge in [-0.3, -0.25) is 9.59 Å². The van der Waals surface area contributed by atoms with Crippen LogP contribution in [0.15, 0.2) is 72.8 Å². The summed E-state index contributed by atoms with van der Waals surface area (Å²) in [6.07, 6.45) is -0.207. The highest BCUT2D eigenvalue weighted by atomic mass is 127. The lowest BCUT2D eigenvalue weighted by Crippen LogP contribution is -2.50. The first-order valence-corrected chi connectivity index (χ1v) is 23.8. The number of hydrogen-bond acceptors (Lipinski definition) is 6. The van der Waals surface area contributed by atoms with Gasteiger partial charge in [0.05, 0.1) is 17.3 Å². The zero-order valence-corrected chi connectivity index (χ0v) is 32.7. The highest BCUT2D eigenvalue weighted by Crippen LogP contribution is 2.33. The first-order valence-electron chi connectivity index (χ1n) is 15.5. The van der Waals surface area contributed by atoms with Crippen molar-refractivity contribution in [3.63, 3.8) is 0 Å². The number of benzene rings is 3. The van der Waals surface area contributed by atoms with Gasteiger partial charge in [-0.1, -0.05) is 61.0 Å². The Kier molecular flexibility index (Phi) is 12.3. The molecule has 1 fully saturated rings. The van der Waals surface area contributed by atoms with Gasteiger partial charge in [-0.15, -0.1) is 0 Å². The van der Waals surface area contributed by atoms with E-state index in [1.807, 2.05) is 43.3 Å². The van der Waals surface area contributed by atoms with E-state index in [0.29, 0.717) is 35.2 Å². The lowest BCUT2D eigenvalue weighted by molar-refractivity contribution is -0.134. The molecular formula is C34H43ClIN3O6Si2. The summed E-state index contributed by atoms with van der Waals surface area (Å²) in [5, 5.41) is 5.98. The van der Waals surface area contributed by atoms with Crippen molar-refractivity contribution in [3.05, 3.63) is 92.5 Å². The van der Waals surface area contributed by atoms with Crippen LogP contribution in [0.3, 0.4) is 0 Å². The maximum Gasteiger partial charge on any atom is 0.325 e. The highest BCUT2D eigenvalue weighted by molar-refractivity contribution is 14.1. The molecule has 3 aromatic carbocycles. The monoisotopic (exact) mass is 807 g/mol. The van der Waals surface area contributed by atoms with Crippen LogP contribution in [0.5, 0.6) is 5.75 Å². The molecule has 47 heavy (non-hydrogen) atoms. The van der Waals surface area contributed by atoms with E-state index in [-0.39, 0.29) is 6.10 Å². The predicted molar refractivity (Wildman–Crippen MR) is 199 cm³/mol. The van der Waals surface area contributed by atoms with E-state index < -0.39 is 52.5 Å². The molecule has 0 saturated carbocycles. The van der Waals surface area contributed by atoms with Crippen molar-refractivity contribution in [2.45, 2.75) is 70.3 Å². The quantitative estimate of drug-likeness (QED) is 0.0979. The van der Waals surface area contributed by atoms with Crippen molar-refractivity contribution in [3.8, 4) is 5.75 Å². The van der Waals surface area contributed by atoms with Crippen molar-refractivity contribution in [2.75, 3.05) is 18.5 Å². The van der Waals surface area contributed by atoms with Crippen LogP contribution in [0.25, 0.3) is 0 Å². The van der Waals surface area contributed by atoms with Crippen molar-refractivity contribution < 1.29 is 28.0 Å². The molecule has 2 N–H and O–H groups in total. The van der Waals surface area contributed by atoms with Crippen LogP contribution in [0.1, 0.15) is 30.0 Å². The summed E-state index contributed by atoms with van der Waals surface area (Å²) in [4.78, 5) is 42.3. The van der Waals surface area contributed by atoms with Gasteiger partial charge in [0.25, 0.3) is 5.91 Å². The molecule has 4 rings (SSSR count). The second kappa shape index (κ2) is 15.6. The van der Waals surface area contributed by atoms with Crippen LogP contribution in [-0.4, -0.2) is 64.7 Å². The zero-order valence-electron chi connectivity index (χ0n) is 27.8. The Balaban J connectivity index is 1.52. The second-order valence-corrected chi connectivity index (χ2v) is 24.1. The Morgan fingerprint density at radius 3 is 2.21 bits per heavy atom. The third-order valence-corrected chi connectivity index (χ3v) is 10.4. The van der Waals surface area contributed by atoms with Crippen LogP contribution in [0, 0.1) is 3.57 Å². The molecule has 0 unspecified atom stereocenters. The van der Waals surface area contributed by atoms with Crippen LogP contribution in [-0.2, 0) is 18.4 Å². The minimum Gasteiger partial charge on any atom is -0.491 e. The Labute approximate surface area is 298 Å². The lowest BCUT2D eigenvalue weighted by Gasteiger charge is -2.30. The lowest BCUT2D eigenvalue weighted by atomic mass is 9.91. The van der Waals surface area contributed by atoms with E-state index in [4.69, 9.17) is 25.2 Å². The van der Waals surface area contributed by atoms with Crippen molar-refractivity contribution in [1.82, 2.24) is 10.2 Å². The minimum absolute atomic E-state index is 0.207. The van der Waals surface area contributed by atoms with Gasteiger partial charge in [-0.25, -0.2) is 9.69 Å². The SMILES string of the molecule is C[C@@H](c1ccccc1)[C@@H](C(=O)Nc1ccc(I)cc1Cl)N1C(=O)N[C@H](c2ccc(OC[C@@H](CO[Si](C)(C)C)O[Si](C)(C)C)cc2)C1=O. The molecule has 0 radical (unpaired) electrons. The van der Waals surface area contributed by atoms with Crippen molar-refractivity contribution in [2.24, 2.45) is 0 Å². The third kappa shape index (κ3) is 10.4. The number of anilines is 1. The first kappa shape index (κ1) is 37.1. The van der Waals surface area contributed by atoms with E-state index in [0.717, 1.165) is 14.0 Å². The van der Waals surface area contributed by atoms with E-state index in [2.05, 4.69) is 72.5 Å². The molecule has 4 amide bonds. The summed E-state index contributed by atoms with van der Waals surface area (Å²) in [6.45, 7) is 15.4. The van der Waals surface area contributed by atoms with Crippen LogP contribution in [0.2, 0.25) is 44.3 Å². The van der Waals surface area contributed by atoms with Crippen LogP contribution >= 0.6 is 34.2 Å².